The van der Waals surface area contributed by atoms with Crippen LogP contribution in [0.1, 0.15) is 32.6 Å². The third-order valence-electron chi connectivity index (χ3n) is 3.23. The van der Waals surface area contributed by atoms with E-state index < -0.39 is 0 Å². The molecule has 0 spiro atoms. The van der Waals surface area contributed by atoms with Gasteiger partial charge in [0.25, 0.3) is 0 Å². The fraction of sp³-hybridized carbons (Fsp3) is 0.538. The van der Waals surface area contributed by atoms with Crippen molar-refractivity contribution in [3.05, 3.63) is 28.5 Å². The number of benzene rings is 1. The van der Waals surface area contributed by atoms with Gasteiger partial charge in [-0.2, -0.15) is 0 Å². The highest BCUT2D eigenvalue weighted by Crippen LogP contribution is 2.29. The van der Waals surface area contributed by atoms with Crippen LogP contribution in [0.5, 0.6) is 0 Å². The van der Waals surface area contributed by atoms with E-state index in [9.17, 15) is 4.39 Å². The van der Waals surface area contributed by atoms with Crippen molar-refractivity contribution in [1.29, 1.82) is 0 Å². The fourth-order valence-corrected chi connectivity index (χ4v) is 2.86. The van der Waals surface area contributed by atoms with Crippen LogP contribution in [-0.4, -0.2) is 6.04 Å². The lowest BCUT2D eigenvalue weighted by Gasteiger charge is -2.28. The van der Waals surface area contributed by atoms with E-state index in [2.05, 4.69) is 28.2 Å². The predicted molar refractivity (Wildman–Crippen MR) is 69.1 cm³/mol. The van der Waals surface area contributed by atoms with Gasteiger partial charge < -0.3 is 5.32 Å². The molecule has 0 heterocycles. The third-order valence-corrected chi connectivity index (χ3v) is 3.88. The number of hydrogen-bond acceptors (Lipinski definition) is 1. The molecular weight excluding hydrogens is 269 g/mol. The first-order valence-electron chi connectivity index (χ1n) is 5.87. The van der Waals surface area contributed by atoms with E-state index >= 15 is 0 Å². The van der Waals surface area contributed by atoms with Crippen molar-refractivity contribution >= 4 is 21.6 Å². The quantitative estimate of drug-likeness (QED) is 0.839. The SMILES string of the molecule is CC1CCCC(Nc2ccc(F)cc2Br)C1. The van der Waals surface area contributed by atoms with Gasteiger partial charge in [0.05, 0.1) is 0 Å². The van der Waals surface area contributed by atoms with E-state index in [1.807, 2.05) is 0 Å². The minimum atomic E-state index is -0.200. The molecule has 2 atom stereocenters. The van der Waals surface area contributed by atoms with Crippen molar-refractivity contribution in [2.24, 2.45) is 5.92 Å². The highest BCUT2D eigenvalue weighted by Gasteiger charge is 2.19. The Morgan fingerprint density at radius 1 is 1.38 bits per heavy atom. The molecule has 0 bridgehead atoms. The normalized spacial score (nSPS) is 25.4. The standard InChI is InChI=1S/C13H17BrFN/c1-9-3-2-4-11(7-9)16-13-6-5-10(15)8-12(13)14/h5-6,8-9,11,16H,2-4,7H2,1H3. The Morgan fingerprint density at radius 2 is 2.19 bits per heavy atom. The fourth-order valence-electron chi connectivity index (χ4n) is 2.39. The minimum Gasteiger partial charge on any atom is -0.381 e. The van der Waals surface area contributed by atoms with Crippen molar-refractivity contribution < 1.29 is 4.39 Å². The predicted octanol–water partition coefficient (Wildman–Crippen LogP) is 4.58. The van der Waals surface area contributed by atoms with Crippen LogP contribution in [0.4, 0.5) is 10.1 Å². The lowest BCUT2D eigenvalue weighted by molar-refractivity contribution is 0.358. The lowest BCUT2D eigenvalue weighted by Crippen LogP contribution is -2.26. The molecule has 1 aromatic carbocycles. The van der Waals surface area contributed by atoms with Crippen LogP contribution in [0.25, 0.3) is 0 Å². The molecule has 1 aliphatic carbocycles. The average Bonchev–Trinajstić information content (AvgIpc) is 2.22. The second-order valence-corrected chi connectivity index (χ2v) is 5.59. The summed E-state index contributed by atoms with van der Waals surface area (Å²) < 4.78 is 13.7. The van der Waals surface area contributed by atoms with Gasteiger partial charge in [0.15, 0.2) is 0 Å². The van der Waals surface area contributed by atoms with Crippen LogP contribution in [0, 0.1) is 11.7 Å². The Bertz CT molecular complexity index is 367. The lowest BCUT2D eigenvalue weighted by atomic mass is 9.87. The molecule has 1 nitrogen and oxygen atoms in total. The van der Waals surface area contributed by atoms with Gasteiger partial charge in [-0.05, 0) is 52.9 Å². The zero-order chi connectivity index (χ0) is 11.5. The van der Waals surface area contributed by atoms with Crippen molar-refractivity contribution in [2.45, 2.75) is 38.6 Å². The van der Waals surface area contributed by atoms with Crippen LogP contribution in [0.3, 0.4) is 0 Å². The summed E-state index contributed by atoms with van der Waals surface area (Å²) in [4.78, 5) is 0. The molecule has 1 aromatic rings. The first-order valence-corrected chi connectivity index (χ1v) is 6.66. The summed E-state index contributed by atoms with van der Waals surface area (Å²) in [5.74, 6) is 0.597. The van der Waals surface area contributed by atoms with Crippen molar-refractivity contribution in [2.75, 3.05) is 5.32 Å². The van der Waals surface area contributed by atoms with E-state index in [1.165, 1.54) is 37.8 Å². The zero-order valence-corrected chi connectivity index (χ0v) is 11.1. The van der Waals surface area contributed by atoms with Crippen molar-refractivity contribution in [3.63, 3.8) is 0 Å². The monoisotopic (exact) mass is 285 g/mol. The maximum Gasteiger partial charge on any atom is 0.124 e. The molecule has 1 aliphatic rings. The van der Waals surface area contributed by atoms with Crippen LogP contribution in [0.2, 0.25) is 0 Å². The molecule has 88 valence electrons. The molecule has 2 rings (SSSR count). The summed E-state index contributed by atoms with van der Waals surface area (Å²) in [5.41, 5.74) is 1.00. The van der Waals surface area contributed by atoms with E-state index in [0.717, 1.165) is 16.1 Å². The first kappa shape index (κ1) is 11.9. The van der Waals surface area contributed by atoms with Gasteiger partial charge in [-0.3, -0.25) is 0 Å². The minimum absolute atomic E-state index is 0.200. The summed E-state index contributed by atoms with van der Waals surface area (Å²) >= 11 is 3.39. The topological polar surface area (TPSA) is 12.0 Å². The highest BCUT2D eigenvalue weighted by molar-refractivity contribution is 9.10. The largest absolute Gasteiger partial charge is 0.381 e. The summed E-state index contributed by atoms with van der Waals surface area (Å²) in [7, 11) is 0. The van der Waals surface area contributed by atoms with E-state index in [4.69, 9.17) is 0 Å². The molecule has 1 saturated carbocycles. The van der Waals surface area contributed by atoms with Crippen LogP contribution in [-0.2, 0) is 0 Å². The molecule has 0 saturated heterocycles. The third kappa shape index (κ3) is 2.97. The van der Waals surface area contributed by atoms with Gasteiger partial charge in [-0.1, -0.05) is 19.8 Å². The molecule has 0 aliphatic heterocycles. The highest BCUT2D eigenvalue weighted by atomic mass is 79.9. The zero-order valence-electron chi connectivity index (χ0n) is 9.47. The molecule has 2 unspecified atom stereocenters. The number of hydrogen-bond donors (Lipinski definition) is 1. The Kier molecular flexibility index (Phi) is 3.85. The number of rotatable bonds is 2. The summed E-state index contributed by atoms with van der Waals surface area (Å²) in [6.45, 7) is 2.30. The Hall–Kier alpha value is -0.570. The van der Waals surface area contributed by atoms with Gasteiger partial charge in [-0.15, -0.1) is 0 Å². The summed E-state index contributed by atoms with van der Waals surface area (Å²) in [6.07, 6.45) is 5.05. The van der Waals surface area contributed by atoms with Crippen LogP contribution < -0.4 is 5.32 Å². The molecule has 1 N–H and O–H groups in total. The number of anilines is 1. The van der Waals surface area contributed by atoms with Crippen molar-refractivity contribution in [3.8, 4) is 0 Å². The molecular formula is C13H17BrFN. The van der Waals surface area contributed by atoms with E-state index in [0.29, 0.717) is 6.04 Å². The molecule has 0 radical (unpaired) electrons. The van der Waals surface area contributed by atoms with Crippen LogP contribution in [0.15, 0.2) is 22.7 Å². The summed E-state index contributed by atoms with van der Waals surface area (Å²) in [6, 6.07) is 5.35. The Morgan fingerprint density at radius 3 is 2.88 bits per heavy atom. The van der Waals surface area contributed by atoms with Gasteiger partial charge in [0.1, 0.15) is 5.82 Å². The van der Waals surface area contributed by atoms with Gasteiger partial charge in [-0.25, -0.2) is 4.39 Å². The average molecular weight is 286 g/mol. The molecule has 3 heteroatoms. The smallest absolute Gasteiger partial charge is 0.124 e. The maximum absolute atomic E-state index is 12.9. The molecule has 16 heavy (non-hydrogen) atoms. The van der Waals surface area contributed by atoms with Gasteiger partial charge >= 0.3 is 0 Å². The first-order chi connectivity index (χ1) is 7.65. The summed E-state index contributed by atoms with van der Waals surface area (Å²) in [5, 5.41) is 3.49. The second-order valence-electron chi connectivity index (χ2n) is 4.74. The Labute approximate surface area is 105 Å². The van der Waals surface area contributed by atoms with Gasteiger partial charge in [0, 0.05) is 16.2 Å². The molecule has 0 aromatic heterocycles. The van der Waals surface area contributed by atoms with Crippen molar-refractivity contribution in [1.82, 2.24) is 0 Å². The van der Waals surface area contributed by atoms with E-state index in [1.54, 1.807) is 6.07 Å². The van der Waals surface area contributed by atoms with Crippen LogP contribution >= 0.6 is 15.9 Å². The molecule has 0 amide bonds. The van der Waals surface area contributed by atoms with Gasteiger partial charge in [0.2, 0.25) is 0 Å². The number of halogens is 2. The number of nitrogens with one attached hydrogen (secondary N) is 1. The molecule has 1 fully saturated rings. The maximum atomic E-state index is 12.9. The second kappa shape index (κ2) is 5.17. The van der Waals surface area contributed by atoms with E-state index in [-0.39, 0.29) is 5.82 Å². The Balaban J connectivity index is 2.02.